The molecule has 0 aliphatic rings. The summed E-state index contributed by atoms with van der Waals surface area (Å²) in [5, 5.41) is 9.00. The molecule has 22 heavy (non-hydrogen) atoms. The highest BCUT2D eigenvalue weighted by atomic mass is 19.1. The highest BCUT2D eigenvalue weighted by Gasteiger charge is 2.12. The molecule has 0 unspecified atom stereocenters. The standard InChI is InChI=1S/C16H13FN2O3/c1-21-13-4-5-15(14(7-13)16(19)20)22-9-11-6-12(17)3-2-10(11)8-18/h2-7H,9H2,1H3,(H2,19,20). The zero-order valence-corrected chi connectivity index (χ0v) is 11.8. The van der Waals surface area contributed by atoms with Gasteiger partial charge in [-0.3, -0.25) is 4.79 Å². The molecule has 0 spiro atoms. The highest BCUT2D eigenvalue weighted by Crippen LogP contribution is 2.25. The monoisotopic (exact) mass is 300 g/mol. The second kappa shape index (κ2) is 6.59. The van der Waals surface area contributed by atoms with Gasteiger partial charge in [-0.2, -0.15) is 5.26 Å². The van der Waals surface area contributed by atoms with Gasteiger partial charge in [-0.25, -0.2) is 4.39 Å². The number of methoxy groups -OCH3 is 1. The van der Waals surface area contributed by atoms with Gasteiger partial charge in [0.15, 0.2) is 0 Å². The van der Waals surface area contributed by atoms with Crippen molar-refractivity contribution in [1.82, 2.24) is 0 Å². The topological polar surface area (TPSA) is 85.3 Å². The van der Waals surface area contributed by atoms with Gasteiger partial charge in [0, 0.05) is 5.56 Å². The second-order valence-corrected chi connectivity index (χ2v) is 4.43. The first-order chi connectivity index (χ1) is 10.5. The van der Waals surface area contributed by atoms with E-state index in [1.54, 1.807) is 6.07 Å². The Morgan fingerprint density at radius 2 is 2.09 bits per heavy atom. The zero-order chi connectivity index (χ0) is 16.1. The molecule has 0 aliphatic heterocycles. The van der Waals surface area contributed by atoms with Crippen LogP contribution in [0.1, 0.15) is 21.5 Å². The number of nitrogens with two attached hydrogens (primary N) is 1. The van der Waals surface area contributed by atoms with Gasteiger partial charge in [-0.05, 0) is 36.4 Å². The number of primary amides is 1. The van der Waals surface area contributed by atoms with Crippen LogP contribution in [0.25, 0.3) is 0 Å². The van der Waals surface area contributed by atoms with Crippen LogP contribution in [0.5, 0.6) is 11.5 Å². The van der Waals surface area contributed by atoms with Crippen LogP contribution in [-0.4, -0.2) is 13.0 Å². The summed E-state index contributed by atoms with van der Waals surface area (Å²) in [6.45, 7) is -0.0622. The minimum atomic E-state index is -0.673. The predicted molar refractivity (Wildman–Crippen MR) is 77.0 cm³/mol. The number of hydrogen-bond donors (Lipinski definition) is 1. The van der Waals surface area contributed by atoms with E-state index in [1.807, 2.05) is 6.07 Å². The molecule has 0 saturated carbocycles. The van der Waals surface area contributed by atoms with Gasteiger partial charge in [-0.1, -0.05) is 0 Å². The minimum Gasteiger partial charge on any atom is -0.497 e. The summed E-state index contributed by atoms with van der Waals surface area (Å²) in [6, 6.07) is 10.3. The van der Waals surface area contributed by atoms with E-state index >= 15 is 0 Å². The first kappa shape index (κ1) is 15.3. The summed E-state index contributed by atoms with van der Waals surface area (Å²) >= 11 is 0. The van der Waals surface area contributed by atoms with Crippen LogP contribution in [0.2, 0.25) is 0 Å². The number of nitrogens with zero attached hydrogens (tertiary/aromatic N) is 1. The first-order valence-electron chi connectivity index (χ1n) is 6.34. The van der Waals surface area contributed by atoms with Crippen LogP contribution < -0.4 is 15.2 Å². The van der Waals surface area contributed by atoms with Crippen LogP contribution in [-0.2, 0) is 6.61 Å². The van der Waals surface area contributed by atoms with Crippen LogP contribution in [0, 0.1) is 17.1 Å². The summed E-state index contributed by atoms with van der Waals surface area (Å²) in [7, 11) is 1.46. The quantitative estimate of drug-likeness (QED) is 0.918. The van der Waals surface area contributed by atoms with Crippen molar-refractivity contribution in [2.45, 2.75) is 6.61 Å². The Kier molecular flexibility index (Phi) is 4.59. The number of halogens is 1. The average Bonchev–Trinajstić information content (AvgIpc) is 2.52. The Bertz CT molecular complexity index is 754. The third kappa shape index (κ3) is 3.33. The number of rotatable bonds is 5. The molecule has 0 radical (unpaired) electrons. The lowest BCUT2D eigenvalue weighted by Crippen LogP contribution is -2.13. The molecule has 1 amide bonds. The SMILES string of the molecule is COc1ccc(OCc2cc(F)ccc2C#N)c(C(N)=O)c1. The number of carbonyl (C=O) groups is 1. The molecule has 2 aromatic rings. The van der Waals surface area contributed by atoms with E-state index in [4.69, 9.17) is 20.5 Å². The van der Waals surface area contributed by atoms with E-state index in [0.29, 0.717) is 16.9 Å². The first-order valence-corrected chi connectivity index (χ1v) is 6.34. The molecular weight excluding hydrogens is 287 g/mol. The van der Waals surface area contributed by atoms with Crippen molar-refractivity contribution in [2.24, 2.45) is 5.73 Å². The molecule has 0 fully saturated rings. The summed E-state index contributed by atoms with van der Waals surface area (Å²) in [5.74, 6) is -0.442. The normalized spacial score (nSPS) is 9.86. The molecule has 0 atom stereocenters. The van der Waals surface area contributed by atoms with Gasteiger partial charge >= 0.3 is 0 Å². The van der Waals surface area contributed by atoms with E-state index in [2.05, 4.69) is 0 Å². The van der Waals surface area contributed by atoms with E-state index in [0.717, 1.165) is 0 Å². The van der Waals surface area contributed by atoms with Crippen LogP contribution in [0.15, 0.2) is 36.4 Å². The maximum Gasteiger partial charge on any atom is 0.252 e. The highest BCUT2D eigenvalue weighted by molar-refractivity contribution is 5.96. The lowest BCUT2D eigenvalue weighted by Gasteiger charge is -2.12. The Hall–Kier alpha value is -3.07. The molecule has 112 valence electrons. The van der Waals surface area contributed by atoms with E-state index in [9.17, 15) is 9.18 Å². The fourth-order valence-electron chi connectivity index (χ4n) is 1.90. The molecule has 5 nitrogen and oxygen atoms in total. The molecule has 0 heterocycles. The summed E-state index contributed by atoms with van der Waals surface area (Å²) in [4.78, 5) is 11.5. The summed E-state index contributed by atoms with van der Waals surface area (Å²) in [5.41, 5.74) is 6.13. The average molecular weight is 300 g/mol. The fraction of sp³-hybridized carbons (Fsp3) is 0.125. The Labute approximate surface area is 126 Å². The van der Waals surface area contributed by atoms with Crippen molar-refractivity contribution in [3.8, 4) is 17.6 Å². The Morgan fingerprint density at radius 1 is 1.32 bits per heavy atom. The van der Waals surface area contributed by atoms with Crippen molar-refractivity contribution in [3.05, 3.63) is 58.9 Å². The van der Waals surface area contributed by atoms with Crippen LogP contribution >= 0.6 is 0 Å². The molecule has 0 saturated heterocycles. The lowest BCUT2D eigenvalue weighted by atomic mass is 10.1. The van der Waals surface area contributed by atoms with Gasteiger partial charge in [0.25, 0.3) is 5.91 Å². The second-order valence-electron chi connectivity index (χ2n) is 4.43. The van der Waals surface area contributed by atoms with Crippen LogP contribution in [0.4, 0.5) is 4.39 Å². The smallest absolute Gasteiger partial charge is 0.252 e. The molecule has 2 aromatic carbocycles. The maximum atomic E-state index is 13.3. The maximum absolute atomic E-state index is 13.3. The van der Waals surface area contributed by atoms with Gasteiger partial charge < -0.3 is 15.2 Å². The molecule has 0 aromatic heterocycles. The fourth-order valence-corrected chi connectivity index (χ4v) is 1.90. The Balaban J connectivity index is 2.27. The van der Waals surface area contributed by atoms with E-state index < -0.39 is 11.7 Å². The number of ether oxygens (including phenoxy) is 2. The van der Waals surface area contributed by atoms with Crippen molar-refractivity contribution in [3.63, 3.8) is 0 Å². The molecule has 2 N–H and O–H groups in total. The summed E-state index contributed by atoms with van der Waals surface area (Å²) in [6.07, 6.45) is 0. The van der Waals surface area contributed by atoms with E-state index in [1.165, 1.54) is 37.4 Å². The number of amides is 1. The predicted octanol–water partition coefficient (Wildman–Crippen LogP) is 2.38. The summed E-state index contributed by atoms with van der Waals surface area (Å²) < 4.78 is 23.8. The molecular formula is C16H13FN2O3. The van der Waals surface area contributed by atoms with Crippen LogP contribution in [0.3, 0.4) is 0 Å². The van der Waals surface area contributed by atoms with Crippen molar-refractivity contribution in [2.75, 3.05) is 7.11 Å². The largest absolute Gasteiger partial charge is 0.497 e. The van der Waals surface area contributed by atoms with Gasteiger partial charge in [0.1, 0.15) is 23.9 Å². The van der Waals surface area contributed by atoms with Gasteiger partial charge in [0.2, 0.25) is 0 Å². The Morgan fingerprint density at radius 3 is 2.73 bits per heavy atom. The zero-order valence-electron chi connectivity index (χ0n) is 11.8. The third-order valence-electron chi connectivity index (χ3n) is 3.02. The lowest BCUT2D eigenvalue weighted by molar-refractivity contribution is 0.0995. The number of hydrogen-bond acceptors (Lipinski definition) is 4. The van der Waals surface area contributed by atoms with Gasteiger partial charge in [0.05, 0.1) is 24.3 Å². The number of nitriles is 1. The van der Waals surface area contributed by atoms with Gasteiger partial charge in [-0.15, -0.1) is 0 Å². The number of benzene rings is 2. The molecule has 0 bridgehead atoms. The van der Waals surface area contributed by atoms with Crippen molar-refractivity contribution >= 4 is 5.91 Å². The van der Waals surface area contributed by atoms with Crippen molar-refractivity contribution in [1.29, 1.82) is 5.26 Å². The third-order valence-corrected chi connectivity index (χ3v) is 3.02. The minimum absolute atomic E-state index is 0.0622. The molecule has 6 heteroatoms. The number of carbonyl (C=O) groups excluding carboxylic acids is 1. The van der Waals surface area contributed by atoms with E-state index in [-0.39, 0.29) is 17.9 Å². The van der Waals surface area contributed by atoms with Crippen molar-refractivity contribution < 1.29 is 18.7 Å². The molecule has 0 aliphatic carbocycles. The molecule has 2 rings (SSSR count).